The third-order valence-corrected chi connectivity index (χ3v) is 6.14. The summed E-state index contributed by atoms with van der Waals surface area (Å²) in [7, 11) is 0. The van der Waals surface area contributed by atoms with E-state index < -0.39 is 16.7 Å². The van der Waals surface area contributed by atoms with E-state index in [-0.39, 0.29) is 35.7 Å². The number of nitrogens with one attached hydrogen (secondary N) is 1. The fourth-order valence-corrected chi connectivity index (χ4v) is 3.89. The third-order valence-electron chi connectivity index (χ3n) is 5.40. The number of hydrogen-bond acceptors (Lipinski definition) is 5. The average molecular weight is 546 g/mol. The zero-order valence-electron chi connectivity index (χ0n) is 21.3. The summed E-state index contributed by atoms with van der Waals surface area (Å²) in [4.78, 5) is 38.4. The lowest BCUT2D eigenvalue weighted by molar-refractivity contribution is -0.384. The largest absolute Gasteiger partial charge is 0.329 e. The Bertz CT molecular complexity index is 1330. The molecule has 9 nitrogen and oxygen atoms in total. The zero-order valence-corrected chi connectivity index (χ0v) is 22.8. The number of nitro benzene ring substituents is 1. The molecule has 0 aliphatic heterocycles. The maximum Gasteiger partial charge on any atom is 0.270 e. The second-order valence-electron chi connectivity index (χ2n) is 10.1. The number of aromatic nitrogens is 2. The average Bonchev–Trinajstić information content (AvgIpc) is 3.24. The van der Waals surface area contributed by atoms with Crippen LogP contribution in [0.15, 0.2) is 48.5 Å². The first-order chi connectivity index (χ1) is 17.3. The minimum Gasteiger partial charge on any atom is -0.329 e. The van der Waals surface area contributed by atoms with Crippen molar-refractivity contribution in [3.8, 4) is 5.69 Å². The number of hydrogen-bond donors (Lipinski definition) is 1. The Kier molecular flexibility index (Phi) is 8.60. The molecular formula is C26H29Cl2N5O4. The summed E-state index contributed by atoms with van der Waals surface area (Å²) in [6, 6.07) is 12.3. The standard InChI is InChI=1S/C26H29Cl2N5O4/c1-16(2)14-31(25(35)17-7-6-8-19(11-17)33(36)37)15-24(34)29-23-13-22(26(3,4)5)30-32(23)18-9-10-20(27)21(28)12-18/h6-13,16H,14-15H2,1-5H3,(H,29,34). The molecule has 37 heavy (non-hydrogen) atoms. The summed E-state index contributed by atoms with van der Waals surface area (Å²) < 4.78 is 1.57. The van der Waals surface area contributed by atoms with Gasteiger partial charge in [-0.1, -0.05) is 63.9 Å². The highest BCUT2D eigenvalue weighted by atomic mass is 35.5. The summed E-state index contributed by atoms with van der Waals surface area (Å²) in [6.07, 6.45) is 0. The van der Waals surface area contributed by atoms with Crippen molar-refractivity contribution in [2.45, 2.75) is 40.0 Å². The second-order valence-corrected chi connectivity index (χ2v) is 10.9. The summed E-state index contributed by atoms with van der Waals surface area (Å²) in [6.45, 7) is 9.87. The van der Waals surface area contributed by atoms with E-state index in [9.17, 15) is 19.7 Å². The molecule has 3 rings (SSSR count). The molecule has 0 aliphatic rings. The number of rotatable bonds is 8. The van der Waals surface area contributed by atoms with Crippen LogP contribution in [-0.4, -0.2) is 44.5 Å². The van der Waals surface area contributed by atoms with Crippen LogP contribution in [0.5, 0.6) is 0 Å². The lowest BCUT2D eigenvalue weighted by atomic mass is 9.92. The highest BCUT2D eigenvalue weighted by molar-refractivity contribution is 6.42. The van der Waals surface area contributed by atoms with Gasteiger partial charge in [0.25, 0.3) is 11.6 Å². The minimum atomic E-state index is -0.562. The topological polar surface area (TPSA) is 110 Å². The predicted octanol–water partition coefficient (Wildman–Crippen LogP) is 6.12. The fourth-order valence-electron chi connectivity index (χ4n) is 3.60. The molecule has 0 unspecified atom stereocenters. The van der Waals surface area contributed by atoms with E-state index in [0.29, 0.717) is 21.6 Å². The summed E-state index contributed by atoms with van der Waals surface area (Å²) in [5.41, 5.74) is 0.980. The molecule has 1 N–H and O–H groups in total. The summed E-state index contributed by atoms with van der Waals surface area (Å²) >= 11 is 12.3. The number of carbonyl (C=O) groups excluding carboxylic acids is 2. The van der Waals surface area contributed by atoms with Gasteiger partial charge in [-0.2, -0.15) is 5.10 Å². The molecule has 0 aliphatic carbocycles. The van der Waals surface area contributed by atoms with Gasteiger partial charge in [0.05, 0.1) is 26.3 Å². The van der Waals surface area contributed by atoms with Gasteiger partial charge >= 0.3 is 0 Å². The van der Waals surface area contributed by atoms with Crippen LogP contribution in [0.1, 0.15) is 50.7 Å². The number of halogens is 2. The number of non-ortho nitro benzene ring substituents is 1. The first kappa shape index (κ1) is 28.1. The molecule has 1 heterocycles. The van der Waals surface area contributed by atoms with Crippen molar-refractivity contribution >= 4 is 46.5 Å². The third kappa shape index (κ3) is 7.08. The van der Waals surface area contributed by atoms with Gasteiger partial charge in [-0.15, -0.1) is 0 Å². The van der Waals surface area contributed by atoms with E-state index in [0.717, 1.165) is 5.69 Å². The molecule has 0 radical (unpaired) electrons. The van der Waals surface area contributed by atoms with Crippen molar-refractivity contribution in [2.75, 3.05) is 18.4 Å². The number of anilines is 1. The zero-order chi connectivity index (χ0) is 27.5. The molecule has 0 bridgehead atoms. The van der Waals surface area contributed by atoms with Crippen LogP contribution in [0, 0.1) is 16.0 Å². The molecule has 0 spiro atoms. The number of nitrogens with zero attached hydrogens (tertiary/aromatic N) is 4. The molecular weight excluding hydrogens is 517 g/mol. The van der Waals surface area contributed by atoms with Gasteiger partial charge in [-0.05, 0) is 30.2 Å². The molecule has 196 valence electrons. The van der Waals surface area contributed by atoms with Crippen LogP contribution in [0.2, 0.25) is 10.0 Å². The van der Waals surface area contributed by atoms with Gasteiger partial charge in [-0.3, -0.25) is 19.7 Å². The SMILES string of the molecule is CC(C)CN(CC(=O)Nc1cc(C(C)(C)C)nn1-c1ccc(Cl)c(Cl)c1)C(=O)c1cccc([N+](=O)[O-])c1. The monoisotopic (exact) mass is 545 g/mol. The number of benzene rings is 2. The van der Waals surface area contributed by atoms with Crippen LogP contribution < -0.4 is 5.32 Å². The Morgan fingerprint density at radius 1 is 1.11 bits per heavy atom. The Morgan fingerprint density at radius 3 is 2.41 bits per heavy atom. The van der Waals surface area contributed by atoms with Gasteiger partial charge in [0.2, 0.25) is 5.91 Å². The molecule has 3 aromatic rings. The normalized spacial score (nSPS) is 11.5. The Labute approximate surface area is 225 Å². The van der Waals surface area contributed by atoms with E-state index in [4.69, 9.17) is 23.2 Å². The quantitative estimate of drug-likeness (QED) is 0.270. The molecule has 0 saturated heterocycles. The molecule has 2 aromatic carbocycles. The van der Waals surface area contributed by atoms with Crippen LogP contribution >= 0.6 is 23.2 Å². The number of amides is 2. The molecule has 1 aromatic heterocycles. The van der Waals surface area contributed by atoms with Crippen molar-refractivity contribution in [3.63, 3.8) is 0 Å². The van der Waals surface area contributed by atoms with Crippen molar-refractivity contribution < 1.29 is 14.5 Å². The van der Waals surface area contributed by atoms with E-state index in [1.165, 1.54) is 29.2 Å². The Hall–Kier alpha value is -3.43. The van der Waals surface area contributed by atoms with Crippen LogP contribution in [0.25, 0.3) is 5.69 Å². The van der Waals surface area contributed by atoms with Crippen molar-refractivity contribution in [2.24, 2.45) is 5.92 Å². The lowest BCUT2D eigenvalue weighted by Crippen LogP contribution is -2.40. The molecule has 2 amide bonds. The minimum absolute atomic E-state index is 0.0599. The van der Waals surface area contributed by atoms with E-state index in [2.05, 4.69) is 10.4 Å². The number of carbonyl (C=O) groups is 2. The van der Waals surface area contributed by atoms with Gasteiger partial charge in [0, 0.05) is 35.7 Å². The lowest BCUT2D eigenvalue weighted by Gasteiger charge is -2.24. The van der Waals surface area contributed by atoms with Crippen molar-refractivity contribution in [3.05, 3.63) is 79.9 Å². The van der Waals surface area contributed by atoms with Gasteiger partial charge < -0.3 is 10.2 Å². The highest BCUT2D eigenvalue weighted by Crippen LogP contribution is 2.29. The molecule has 11 heteroatoms. The smallest absolute Gasteiger partial charge is 0.270 e. The van der Waals surface area contributed by atoms with Gasteiger partial charge in [-0.25, -0.2) is 4.68 Å². The van der Waals surface area contributed by atoms with Crippen LogP contribution in [-0.2, 0) is 10.2 Å². The van der Waals surface area contributed by atoms with Crippen LogP contribution in [0.3, 0.4) is 0 Å². The van der Waals surface area contributed by atoms with Gasteiger partial charge in [0.15, 0.2) is 0 Å². The fraction of sp³-hybridized carbons (Fsp3) is 0.346. The van der Waals surface area contributed by atoms with Crippen LogP contribution in [0.4, 0.5) is 11.5 Å². The number of nitro groups is 1. The first-order valence-electron chi connectivity index (χ1n) is 11.7. The van der Waals surface area contributed by atoms with E-state index >= 15 is 0 Å². The molecule has 0 fully saturated rings. The van der Waals surface area contributed by atoms with E-state index in [1.54, 1.807) is 28.9 Å². The Morgan fingerprint density at radius 2 is 1.81 bits per heavy atom. The van der Waals surface area contributed by atoms with Gasteiger partial charge in [0.1, 0.15) is 12.4 Å². The van der Waals surface area contributed by atoms with E-state index in [1.807, 2.05) is 34.6 Å². The highest BCUT2D eigenvalue weighted by Gasteiger charge is 2.25. The molecule has 0 atom stereocenters. The van der Waals surface area contributed by atoms with Crippen molar-refractivity contribution in [1.82, 2.24) is 14.7 Å². The summed E-state index contributed by atoms with van der Waals surface area (Å²) in [5, 5.41) is 19.4. The maximum atomic E-state index is 13.2. The Balaban J connectivity index is 1.90. The maximum absolute atomic E-state index is 13.2. The molecule has 0 saturated carbocycles. The summed E-state index contributed by atoms with van der Waals surface area (Å²) in [5.74, 6) is -0.452. The first-order valence-corrected chi connectivity index (χ1v) is 12.4. The van der Waals surface area contributed by atoms with Crippen molar-refractivity contribution in [1.29, 1.82) is 0 Å². The second kappa shape index (κ2) is 11.3. The predicted molar refractivity (Wildman–Crippen MR) is 145 cm³/mol.